The van der Waals surface area contributed by atoms with Gasteiger partial charge in [0, 0.05) is 17.6 Å². The van der Waals surface area contributed by atoms with Crippen LogP contribution >= 0.6 is 11.3 Å². The summed E-state index contributed by atoms with van der Waals surface area (Å²) in [6.45, 7) is 3.95. The first kappa shape index (κ1) is 11.9. The molecule has 0 spiro atoms. The van der Waals surface area contributed by atoms with Crippen molar-refractivity contribution >= 4 is 27.8 Å². The highest BCUT2D eigenvalue weighted by Crippen LogP contribution is 2.31. The summed E-state index contributed by atoms with van der Waals surface area (Å²) < 4.78 is 13.7. The maximum Gasteiger partial charge on any atom is 0.190 e. The molecule has 3 nitrogen and oxygen atoms in total. The van der Waals surface area contributed by atoms with Gasteiger partial charge in [-0.1, -0.05) is 0 Å². The number of halogens is 1. The third-order valence-electron chi connectivity index (χ3n) is 2.64. The van der Waals surface area contributed by atoms with Crippen LogP contribution in [0, 0.1) is 19.7 Å². The molecule has 1 aromatic carbocycles. The molecule has 0 unspecified atom stereocenters. The van der Waals surface area contributed by atoms with Crippen molar-refractivity contribution in [1.29, 1.82) is 0 Å². The minimum atomic E-state index is -0.335. The Kier molecular flexibility index (Phi) is 3.02. The van der Waals surface area contributed by atoms with Gasteiger partial charge in [0.15, 0.2) is 5.13 Å². The van der Waals surface area contributed by atoms with Crippen LogP contribution in [0.5, 0.6) is 0 Å². The average molecular weight is 251 g/mol. The summed E-state index contributed by atoms with van der Waals surface area (Å²) in [5.41, 5.74) is 7.40. The SMILES string of the molecule is Cc1nc(N(C)c2ccc(N)cc2F)sc1C. The molecular formula is C12H14FN3S. The fraction of sp³-hybridized carbons (Fsp3) is 0.250. The summed E-state index contributed by atoms with van der Waals surface area (Å²) in [5.74, 6) is -0.335. The van der Waals surface area contributed by atoms with Gasteiger partial charge in [0.2, 0.25) is 0 Å². The number of thiazole rings is 1. The zero-order valence-electron chi connectivity index (χ0n) is 9.99. The van der Waals surface area contributed by atoms with Crippen molar-refractivity contribution in [2.75, 3.05) is 17.7 Å². The fourth-order valence-electron chi connectivity index (χ4n) is 1.50. The first-order valence-electron chi connectivity index (χ1n) is 5.22. The minimum absolute atomic E-state index is 0.335. The number of hydrogen-bond donors (Lipinski definition) is 1. The molecule has 90 valence electrons. The van der Waals surface area contributed by atoms with E-state index in [1.165, 1.54) is 6.07 Å². The smallest absolute Gasteiger partial charge is 0.190 e. The van der Waals surface area contributed by atoms with Crippen molar-refractivity contribution < 1.29 is 4.39 Å². The lowest BCUT2D eigenvalue weighted by molar-refractivity contribution is 0.628. The van der Waals surface area contributed by atoms with Crippen molar-refractivity contribution in [3.63, 3.8) is 0 Å². The molecule has 0 bridgehead atoms. The van der Waals surface area contributed by atoms with E-state index in [0.29, 0.717) is 11.4 Å². The van der Waals surface area contributed by atoms with Gasteiger partial charge in [-0.2, -0.15) is 0 Å². The number of hydrogen-bond acceptors (Lipinski definition) is 4. The number of nitrogens with two attached hydrogens (primary N) is 1. The van der Waals surface area contributed by atoms with Gasteiger partial charge < -0.3 is 10.6 Å². The van der Waals surface area contributed by atoms with Crippen molar-refractivity contribution in [2.24, 2.45) is 0 Å². The molecule has 1 aromatic heterocycles. The van der Waals surface area contributed by atoms with Gasteiger partial charge in [-0.05, 0) is 32.0 Å². The molecule has 0 radical (unpaired) electrons. The van der Waals surface area contributed by atoms with E-state index >= 15 is 0 Å². The summed E-state index contributed by atoms with van der Waals surface area (Å²) >= 11 is 1.55. The summed E-state index contributed by atoms with van der Waals surface area (Å²) in [6.07, 6.45) is 0. The standard InChI is InChI=1S/C12H14FN3S/c1-7-8(2)17-12(15-7)16(3)11-5-4-9(14)6-10(11)13/h4-6H,14H2,1-3H3. The molecule has 0 atom stereocenters. The Balaban J connectivity index is 2.39. The number of anilines is 3. The number of aryl methyl sites for hydroxylation is 2. The number of benzene rings is 1. The highest BCUT2D eigenvalue weighted by Gasteiger charge is 2.13. The quantitative estimate of drug-likeness (QED) is 0.833. The molecule has 0 aliphatic rings. The van der Waals surface area contributed by atoms with Crippen LogP contribution in [0.15, 0.2) is 18.2 Å². The molecule has 0 amide bonds. The van der Waals surface area contributed by atoms with E-state index in [1.807, 2.05) is 13.8 Å². The molecule has 0 fully saturated rings. The Bertz CT molecular complexity index is 531. The number of nitrogens with zero attached hydrogens (tertiary/aromatic N) is 2. The van der Waals surface area contributed by atoms with Crippen LogP contribution in [0.4, 0.5) is 20.9 Å². The zero-order valence-corrected chi connectivity index (χ0v) is 10.8. The highest BCUT2D eigenvalue weighted by molar-refractivity contribution is 7.15. The number of nitrogen functional groups attached to an aromatic ring is 1. The van der Waals surface area contributed by atoms with Gasteiger partial charge >= 0.3 is 0 Å². The van der Waals surface area contributed by atoms with Crippen LogP contribution in [0.3, 0.4) is 0 Å². The molecule has 0 aliphatic heterocycles. The lowest BCUT2D eigenvalue weighted by Gasteiger charge is -2.16. The van der Waals surface area contributed by atoms with Gasteiger partial charge in [0.05, 0.1) is 11.4 Å². The summed E-state index contributed by atoms with van der Waals surface area (Å²) in [4.78, 5) is 7.27. The summed E-state index contributed by atoms with van der Waals surface area (Å²) in [6, 6.07) is 4.66. The maximum atomic E-state index is 13.7. The van der Waals surface area contributed by atoms with Crippen molar-refractivity contribution in [2.45, 2.75) is 13.8 Å². The highest BCUT2D eigenvalue weighted by atomic mass is 32.1. The second-order valence-corrected chi connectivity index (χ2v) is 5.09. The van der Waals surface area contributed by atoms with E-state index in [0.717, 1.165) is 15.7 Å². The maximum absolute atomic E-state index is 13.7. The molecular weight excluding hydrogens is 237 g/mol. The predicted molar refractivity (Wildman–Crippen MR) is 70.5 cm³/mol. The molecule has 2 rings (SSSR count). The third kappa shape index (κ3) is 2.24. The normalized spacial score (nSPS) is 10.6. The van der Waals surface area contributed by atoms with E-state index in [1.54, 1.807) is 35.4 Å². The first-order chi connectivity index (χ1) is 7.99. The van der Waals surface area contributed by atoms with Crippen molar-refractivity contribution in [3.8, 4) is 0 Å². The van der Waals surface area contributed by atoms with Gasteiger partial charge in [-0.25, -0.2) is 9.37 Å². The Morgan fingerprint density at radius 1 is 1.35 bits per heavy atom. The molecule has 0 saturated heterocycles. The van der Waals surface area contributed by atoms with Crippen molar-refractivity contribution in [3.05, 3.63) is 34.6 Å². The summed E-state index contributed by atoms with van der Waals surface area (Å²) in [7, 11) is 1.80. The number of rotatable bonds is 2. The van der Waals surface area contributed by atoms with Crippen LogP contribution in [-0.4, -0.2) is 12.0 Å². The third-order valence-corrected chi connectivity index (χ3v) is 3.79. The molecule has 0 saturated carbocycles. The van der Waals surface area contributed by atoms with E-state index in [9.17, 15) is 4.39 Å². The van der Waals surface area contributed by atoms with E-state index in [-0.39, 0.29) is 5.82 Å². The lowest BCUT2D eigenvalue weighted by Crippen LogP contribution is -2.11. The molecule has 17 heavy (non-hydrogen) atoms. The van der Waals surface area contributed by atoms with Crippen molar-refractivity contribution in [1.82, 2.24) is 4.98 Å². The Morgan fingerprint density at radius 2 is 2.06 bits per heavy atom. The summed E-state index contributed by atoms with van der Waals surface area (Å²) in [5, 5.41) is 0.781. The second kappa shape index (κ2) is 4.33. The van der Waals surface area contributed by atoms with E-state index < -0.39 is 0 Å². The second-order valence-electron chi connectivity index (χ2n) is 3.91. The van der Waals surface area contributed by atoms with Crippen LogP contribution in [-0.2, 0) is 0 Å². The van der Waals surface area contributed by atoms with Gasteiger partial charge in [0.1, 0.15) is 5.82 Å². The van der Waals surface area contributed by atoms with E-state index in [4.69, 9.17) is 5.73 Å². The zero-order chi connectivity index (χ0) is 12.6. The van der Waals surface area contributed by atoms with Crippen LogP contribution in [0.1, 0.15) is 10.6 Å². The van der Waals surface area contributed by atoms with Crippen LogP contribution in [0.2, 0.25) is 0 Å². The Labute approximate surface area is 104 Å². The van der Waals surface area contributed by atoms with Gasteiger partial charge in [-0.3, -0.25) is 0 Å². The largest absolute Gasteiger partial charge is 0.399 e. The first-order valence-corrected chi connectivity index (χ1v) is 6.03. The molecule has 2 N–H and O–H groups in total. The fourth-order valence-corrected chi connectivity index (χ4v) is 2.38. The Morgan fingerprint density at radius 3 is 2.59 bits per heavy atom. The van der Waals surface area contributed by atoms with Gasteiger partial charge in [-0.15, -0.1) is 11.3 Å². The van der Waals surface area contributed by atoms with Crippen LogP contribution < -0.4 is 10.6 Å². The molecule has 1 heterocycles. The molecule has 2 aromatic rings. The predicted octanol–water partition coefficient (Wildman–Crippen LogP) is 3.25. The average Bonchev–Trinajstić information content (AvgIpc) is 2.58. The minimum Gasteiger partial charge on any atom is -0.399 e. The van der Waals surface area contributed by atoms with Crippen LogP contribution in [0.25, 0.3) is 0 Å². The molecule has 0 aliphatic carbocycles. The molecule has 5 heteroatoms. The Hall–Kier alpha value is -1.62. The van der Waals surface area contributed by atoms with E-state index in [2.05, 4.69) is 4.98 Å². The topological polar surface area (TPSA) is 42.2 Å². The van der Waals surface area contributed by atoms with Gasteiger partial charge in [0.25, 0.3) is 0 Å². The monoisotopic (exact) mass is 251 g/mol. The number of aromatic nitrogens is 1. The lowest BCUT2D eigenvalue weighted by atomic mass is 10.2.